The van der Waals surface area contributed by atoms with Gasteiger partial charge in [0.2, 0.25) is 11.8 Å². The smallest absolute Gasteiger partial charge is 0.254 e. The fourth-order valence-corrected chi connectivity index (χ4v) is 4.05. The second-order valence-corrected chi connectivity index (χ2v) is 7.54. The molecule has 0 aliphatic carbocycles. The number of carbonyl (C=O) groups excluding carboxylic acids is 3. The maximum atomic E-state index is 13.2. The SMILES string of the molecule is NC(=O)C1CN(c2ccc(F)cc2)CCN1C(=O)c1cccc(N2CCCC2=O)c1. The van der Waals surface area contributed by atoms with Crippen LogP contribution in [0.1, 0.15) is 23.2 Å². The molecule has 2 aliphatic rings. The van der Waals surface area contributed by atoms with Crippen molar-refractivity contribution < 1.29 is 18.8 Å². The Morgan fingerprint density at radius 3 is 2.43 bits per heavy atom. The van der Waals surface area contributed by atoms with Gasteiger partial charge in [-0.25, -0.2) is 4.39 Å². The molecule has 8 heteroatoms. The zero-order valence-electron chi connectivity index (χ0n) is 16.5. The minimum atomic E-state index is -0.812. The number of nitrogens with zero attached hydrogens (tertiary/aromatic N) is 3. The van der Waals surface area contributed by atoms with Gasteiger partial charge in [-0.2, -0.15) is 0 Å². The maximum absolute atomic E-state index is 13.2. The summed E-state index contributed by atoms with van der Waals surface area (Å²) in [5.74, 6) is -1.19. The number of rotatable bonds is 4. The van der Waals surface area contributed by atoms with E-state index in [2.05, 4.69) is 0 Å². The van der Waals surface area contributed by atoms with Gasteiger partial charge in [0.1, 0.15) is 11.9 Å². The van der Waals surface area contributed by atoms with Crippen LogP contribution >= 0.6 is 0 Å². The van der Waals surface area contributed by atoms with Crippen molar-refractivity contribution in [2.24, 2.45) is 5.73 Å². The molecule has 7 nitrogen and oxygen atoms in total. The van der Waals surface area contributed by atoms with Crippen LogP contribution in [0.5, 0.6) is 0 Å². The first kappa shape index (κ1) is 19.9. The quantitative estimate of drug-likeness (QED) is 0.832. The van der Waals surface area contributed by atoms with Crippen molar-refractivity contribution in [3.8, 4) is 0 Å². The van der Waals surface area contributed by atoms with E-state index in [1.807, 2.05) is 4.90 Å². The number of amides is 3. The predicted octanol–water partition coefficient (Wildman–Crippen LogP) is 1.77. The Morgan fingerprint density at radius 1 is 1.00 bits per heavy atom. The van der Waals surface area contributed by atoms with Crippen LogP contribution in [0.4, 0.5) is 15.8 Å². The summed E-state index contributed by atoms with van der Waals surface area (Å²) < 4.78 is 13.2. The molecule has 30 heavy (non-hydrogen) atoms. The number of piperazine rings is 1. The van der Waals surface area contributed by atoms with Gasteiger partial charge in [0.05, 0.1) is 0 Å². The lowest BCUT2D eigenvalue weighted by Gasteiger charge is -2.41. The third-order valence-electron chi connectivity index (χ3n) is 5.64. The monoisotopic (exact) mass is 410 g/mol. The van der Waals surface area contributed by atoms with E-state index in [-0.39, 0.29) is 24.2 Å². The lowest BCUT2D eigenvalue weighted by Crippen LogP contribution is -2.60. The highest BCUT2D eigenvalue weighted by molar-refractivity contribution is 6.00. The van der Waals surface area contributed by atoms with Crippen LogP contribution in [0, 0.1) is 5.82 Å². The molecule has 156 valence electrons. The molecule has 4 rings (SSSR count). The van der Waals surface area contributed by atoms with Gasteiger partial charge >= 0.3 is 0 Å². The molecule has 2 fully saturated rings. The molecular formula is C22H23FN4O3. The number of primary amides is 1. The highest BCUT2D eigenvalue weighted by Crippen LogP contribution is 2.25. The summed E-state index contributed by atoms with van der Waals surface area (Å²) in [4.78, 5) is 42.4. The average molecular weight is 410 g/mol. The first-order valence-corrected chi connectivity index (χ1v) is 9.95. The second-order valence-electron chi connectivity index (χ2n) is 7.54. The Kier molecular flexibility index (Phi) is 5.39. The number of carbonyl (C=O) groups is 3. The van der Waals surface area contributed by atoms with E-state index < -0.39 is 11.9 Å². The highest BCUT2D eigenvalue weighted by atomic mass is 19.1. The second kappa shape index (κ2) is 8.14. The van der Waals surface area contributed by atoms with Gasteiger partial charge in [-0.3, -0.25) is 14.4 Å². The van der Waals surface area contributed by atoms with Gasteiger partial charge < -0.3 is 20.4 Å². The fraction of sp³-hybridized carbons (Fsp3) is 0.318. The maximum Gasteiger partial charge on any atom is 0.254 e. The van der Waals surface area contributed by atoms with Crippen LogP contribution in [-0.2, 0) is 9.59 Å². The van der Waals surface area contributed by atoms with Gasteiger partial charge in [-0.1, -0.05) is 6.07 Å². The lowest BCUT2D eigenvalue weighted by atomic mass is 10.1. The standard InChI is InChI=1S/C22H23FN4O3/c23-16-6-8-17(9-7-16)25-11-12-27(19(14-25)21(24)29)22(30)15-3-1-4-18(13-15)26-10-2-5-20(26)28/h1,3-4,6-9,13,19H,2,5,10-12,14H2,(H2,24,29). The number of halogens is 1. The molecule has 2 aliphatic heterocycles. The van der Waals surface area contributed by atoms with Crippen molar-refractivity contribution in [3.63, 3.8) is 0 Å². The van der Waals surface area contributed by atoms with Gasteiger partial charge in [-0.15, -0.1) is 0 Å². The summed E-state index contributed by atoms with van der Waals surface area (Å²) in [5.41, 5.74) is 7.48. The normalized spacial score (nSPS) is 19.3. The van der Waals surface area contributed by atoms with E-state index in [1.54, 1.807) is 41.3 Å². The molecule has 2 aromatic rings. The Bertz CT molecular complexity index is 979. The third-order valence-corrected chi connectivity index (χ3v) is 5.64. The topological polar surface area (TPSA) is 87.0 Å². The van der Waals surface area contributed by atoms with Crippen LogP contribution in [0.25, 0.3) is 0 Å². The van der Waals surface area contributed by atoms with Gasteiger partial charge in [0, 0.05) is 49.5 Å². The van der Waals surface area contributed by atoms with Crippen molar-refractivity contribution in [2.45, 2.75) is 18.9 Å². The Hall–Kier alpha value is -3.42. The molecular weight excluding hydrogens is 387 g/mol. The van der Waals surface area contributed by atoms with E-state index >= 15 is 0 Å². The van der Waals surface area contributed by atoms with E-state index in [0.29, 0.717) is 37.3 Å². The van der Waals surface area contributed by atoms with E-state index in [4.69, 9.17) is 5.73 Å². The van der Waals surface area contributed by atoms with Crippen molar-refractivity contribution >= 4 is 29.1 Å². The van der Waals surface area contributed by atoms with Crippen molar-refractivity contribution in [3.05, 3.63) is 59.9 Å². The minimum absolute atomic E-state index is 0.0440. The number of hydrogen-bond acceptors (Lipinski definition) is 4. The van der Waals surface area contributed by atoms with E-state index in [1.165, 1.54) is 17.0 Å². The van der Waals surface area contributed by atoms with Gasteiger partial charge in [-0.05, 0) is 48.9 Å². The summed E-state index contributed by atoms with van der Waals surface area (Å²) in [6.45, 7) is 1.66. The zero-order chi connectivity index (χ0) is 21.3. The Balaban J connectivity index is 1.54. The molecule has 0 aromatic heterocycles. The number of benzene rings is 2. The van der Waals surface area contributed by atoms with Crippen molar-refractivity contribution in [1.29, 1.82) is 0 Å². The molecule has 0 bridgehead atoms. The van der Waals surface area contributed by atoms with Crippen molar-refractivity contribution in [1.82, 2.24) is 4.90 Å². The third kappa shape index (κ3) is 3.85. The lowest BCUT2D eigenvalue weighted by molar-refractivity contribution is -0.122. The summed E-state index contributed by atoms with van der Waals surface area (Å²) in [7, 11) is 0. The van der Waals surface area contributed by atoms with Crippen LogP contribution in [0.15, 0.2) is 48.5 Å². The summed E-state index contributed by atoms with van der Waals surface area (Å²) in [6.07, 6.45) is 1.30. The summed E-state index contributed by atoms with van der Waals surface area (Å²) in [6, 6.07) is 12.1. The fourth-order valence-electron chi connectivity index (χ4n) is 4.05. The molecule has 2 heterocycles. The predicted molar refractivity (Wildman–Crippen MR) is 111 cm³/mol. The molecule has 0 saturated carbocycles. The minimum Gasteiger partial charge on any atom is -0.368 e. The van der Waals surface area contributed by atoms with Gasteiger partial charge in [0.25, 0.3) is 5.91 Å². The highest BCUT2D eigenvalue weighted by Gasteiger charge is 2.35. The summed E-state index contributed by atoms with van der Waals surface area (Å²) >= 11 is 0. The largest absolute Gasteiger partial charge is 0.368 e. The Labute approximate surface area is 173 Å². The van der Waals surface area contributed by atoms with Gasteiger partial charge in [0.15, 0.2) is 0 Å². The first-order chi connectivity index (χ1) is 14.4. The Morgan fingerprint density at radius 2 is 1.77 bits per heavy atom. The number of anilines is 2. The first-order valence-electron chi connectivity index (χ1n) is 9.95. The number of hydrogen-bond donors (Lipinski definition) is 1. The molecule has 3 amide bonds. The summed E-state index contributed by atoms with van der Waals surface area (Å²) in [5, 5.41) is 0. The van der Waals surface area contributed by atoms with Crippen LogP contribution in [-0.4, -0.2) is 54.8 Å². The molecule has 1 unspecified atom stereocenters. The number of nitrogens with two attached hydrogens (primary N) is 1. The van der Waals surface area contributed by atoms with Crippen LogP contribution < -0.4 is 15.5 Å². The average Bonchev–Trinajstić information content (AvgIpc) is 3.19. The van der Waals surface area contributed by atoms with Crippen LogP contribution in [0.2, 0.25) is 0 Å². The van der Waals surface area contributed by atoms with E-state index in [9.17, 15) is 18.8 Å². The van der Waals surface area contributed by atoms with Crippen LogP contribution in [0.3, 0.4) is 0 Å². The molecule has 0 spiro atoms. The molecule has 2 saturated heterocycles. The molecule has 2 N–H and O–H groups in total. The molecule has 2 aromatic carbocycles. The molecule has 1 atom stereocenters. The van der Waals surface area contributed by atoms with E-state index in [0.717, 1.165) is 12.1 Å². The molecule has 0 radical (unpaired) electrons. The zero-order valence-corrected chi connectivity index (χ0v) is 16.5. The van der Waals surface area contributed by atoms with Crippen molar-refractivity contribution in [2.75, 3.05) is 36.0 Å².